The van der Waals surface area contributed by atoms with Gasteiger partial charge in [0.15, 0.2) is 5.82 Å². The summed E-state index contributed by atoms with van der Waals surface area (Å²) in [6, 6.07) is 13.8. The number of nitrogens with zero attached hydrogens (tertiary/aromatic N) is 3. The van der Waals surface area contributed by atoms with Crippen LogP contribution in [0.3, 0.4) is 0 Å². The lowest BCUT2D eigenvalue weighted by Crippen LogP contribution is -2.36. The summed E-state index contributed by atoms with van der Waals surface area (Å²) in [7, 11) is -0.668. The van der Waals surface area contributed by atoms with E-state index in [9.17, 15) is 22.0 Å². The third-order valence-electron chi connectivity index (χ3n) is 7.85. The summed E-state index contributed by atoms with van der Waals surface area (Å²) in [5.74, 6) is -0.592. The van der Waals surface area contributed by atoms with Crippen molar-refractivity contribution in [3.63, 3.8) is 0 Å². The molecule has 2 N–H and O–H groups in total. The first-order valence-electron chi connectivity index (χ1n) is 13.5. The molecule has 2 aromatic heterocycles. The summed E-state index contributed by atoms with van der Waals surface area (Å²) < 4.78 is 60.9. The fourth-order valence-electron chi connectivity index (χ4n) is 5.64. The molecule has 3 aromatic carbocycles. The smallest absolute Gasteiger partial charge is 0.255 e. The average molecular weight is 594 g/mol. The van der Waals surface area contributed by atoms with E-state index in [0.717, 1.165) is 24.7 Å². The number of aromatic amines is 1. The maximum atomic E-state index is 14.4. The summed E-state index contributed by atoms with van der Waals surface area (Å²) in [6.45, 7) is 1.16. The molecule has 1 amide bonds. The highest BCUT2D eigenvalue weighted by Gasteiger charge is 2.31. The molecule has 0 bridgehead atoms. The van der Waals surface area contributed by atoms with Crippen molar-refractivity contribution in [2.45, 2.75) is 18.8 Å². The van der Waals surface area contributed by atoms with E-state index >= 15 is 0 Å². The number of halogens is 2. The zero-order chi connectivity index (χ0) is 29.8. The molecule has 0 saturated carbocycles. The van der Waals surface area contributed by atoms with Crippen molar-refractivity contribution in [3.05, 3.63) is 77.4 Å². The number of carbonyl (C=O) groups excluding carboxylic acids is 1. The van der Waals surface area contributed by atoms with E-state index < -0.39 is 27.6 Å². The normalized spacial score (nSPS) is 15.8. The summed E-state index contributed by atoms with van der Waals surface area (Å²) in [5, 5.41) is 3.17. The van der Waals surface area contributed by atoms with Crippen LogP contribution in [0.5, 0.6) is 0 Å². The monoisotopic (exact) mass is 593 g/mol. The third kappa shape index (κ3) is 4.85. The Balaban J connectivity index is 1.50. The number of fused-ring (bicyclic) bond motifs is 2. The Labute approximate surface area is 241 Å². The minimum Gasteiger partial charge on any atom is -0.455 e. The molecule has 218 valence electrons. The summed E-state index contributed by atoms with van der Waals surface area (Å²) >= 11 is 0. The lowest BCUT2D eigenvalue weighted by molar-refractivity contribution is 0.0964. The lowest BCUT2D eigenvalue weighted by atomic mass is 9.88. The Morgan fingerprint density at radius 3 is 2.62 bits per heavy atom. The number of nitrogens with one attached hydrogen (secondary N) is 2. The molecular formula is C30H29F2N5O4S. The number of sulfonamides is 1. The number of hydrogen-bond acceptors (Lipinski definition) is 6. The van der Waals surface area contributed by atoms with E-state index in [-0.39, 0.29) is 22.8 Å². The van der Waals surface area contributed by atoms with Gasteiger partial charge >= 0.3 is 0 Å². The molecule has 0 aliphatic carbocycles. The number of carbonyl (C=O) groups is 1. The van der Waals surface area contributed by atoms with Gasteiger partial charge in [-0.2, -0.15) is 0 Å². The summed E-state index contributed by atoms with van der Waals surface area (Å²) in [6.07, 6.45) is 2.65. The van der Waals surface area contributed by atoms with Crippen LogP contribution in [-0.4, -0.2) is 57.7 Å². The van der Waals surface area contributed by atoms with Gasteiger partial charge in [0.2, 0.25) is 16.0 Å². The van der Waals surface area contributed by atoms with Gasteiger partial charge in [-0.05, 0) is 60.9 Å². The molecule has 1 saturated heterocycles. The number of anilines is 2. The topological polar surface area (TPSA) is 112 Å². The predicted molar refractivity (Wildman–Crippen MR) is 158 cm³/mol. The zero-order valence-corrected chi connectivity index (χ0v) is 24.1. The van der Waals surface area contributed by atoms with Crippen LogP contribution < -0.4 is 14.5 Å². The van der Waals surface area contributed by atoms with E-state index in [0.29, 0.717) is 46.8 Å². The van der Waals surface area contributed by atoms with Gasteiger partial charge in [0.25, 0.3) is 5.91 Å². The van der Waals surface area contributed by atoms with Crippen LogP contribution in [0.25, 0.3) is 33.3 Å². The molecule has 3 heterocycles. The number of aromatic nitrogens is 2. The van der Waals surface area contributed by atoms with Crippen molar-refractivity contribution in [1.29, 1.82) is 0 Å². The molecule has 6 rings (SSSR count). The van der Waals surface area contributed by atoms with E-state index in [1.54, 1.807) is 18.2 Å². The van der Waals surface area contributed by atoms with Crippen LogP contribution in [0.1, 0.15) is 34.7 Å². The molecule has 1 atom stereocenters. The van der Waals surface area contributed by atoms with Crippen molar-refractivity contribution in [1.82, 2.24) is 15.3 Å². The fourth-order valence-corrected chi connectivity index (χ4v) is 6.15. The van der Waals surface area contributed by atoms with Crippen molar-refractivity contribution in [2.75, 3.05) is 42.6 Å². The molecule has 1 aliphatic heterocycles. The molecule has 9 nitrogen and oxygen atoms in total. The van der Waals surface area contributed by atoms with E-state index in [1.165, 1.54) is 48.7 Å². The number of para-hydroxylation sites is 1. The van der Waals surface area contributed by atoms with Gasteiger partial charge in [0.05, 0.1) is 23.0 Å². The Hall–Kier alpha value is -4.45. The molecule has 0 radical (unpaired) electrons. The Morgan fingerprint density at radius 1 is 1.17 bits per heavy atom. The Bertz CT molecular complexity index is 1930. The first kappa shape index (κ1) is 27.7. The van der Waals surface area contributed by atoms with Crippen LogP contribution >= 0.6 is 0 Å². The summed E-state index contributed by atoms with van der Waals surface area (Å²) in [4.78, 5) is 22.9. The molecule has 1 aliphatic rings. The number of amides is 1. The standard InChI is InChI=1S/C30H29F2N5O4S/c1-33-29(38)26-21-14-20(18-6-5-13-37(16-18)30-34-23-8-4-7-22(32)27(23)35-30)24(36(2)42(3,39)40)15-25(21)41-28(26)17-9-11-19(31)12-10-17/h4,7-12,14-15,18H,5-6,13,16H2,1-3H3,(H,33,38)(H,34,35)/t18-/m1/s1. The molecule has 5 aromatic rings. The molecule has 42 heavy (non-hydrogen) atoms. The Kier molecular flexibility index (Phi) is 6.88. The van der Waals surface area contributed by atoms with Gasteiger partial charge < -0.3 is 19.6 Å². The lowest BCUT2D eigenvalue weighted by Gasteiger charge is -2.34. The molecule has 0 spiro atoms. The summed E-state index contributed by atoms with van der Waals surface area (Å²) in [5.41, 5.74) is 3.10. The second-order valence-corrected chi connectivity index (χ2v) is 12.5. The quantitative estimate of drug-likeness (QED) is 0.273. The third-order valence-corrected chi connectivity index (χ3v) is 9.04. The second kappa shape index (κ2) is 10.4. The second-order valence-electron chi connectivity index (χ2n) is 10.5. The average Bonchev–Trinajstić information content (AvgIpc) is 3.58. The Morgan fingerprint density at radius 2 is 1.93 bits per heavy atom. The van der Waals surface area contributed by atoms with E-state index in [4.69, 9.17) is 4.42 Å². The number of furan rings is 1. The zero-order valence-electron chi connectivity index (χ0n) is 23.2. The molecular weight excluding hydrogens is 564 g/mol. The van der Waals surface area contributed by atoms with Crippen molar-refractivity contribution < 1.29 is 26.4 Å². The van der Waals surface area contributed by atoms with Gasteiger partial charge in [0, 0.05) is 50.1 Å². The minimum absolute atomic E-state index is 0.151. The number of rotatable bonds is 6. The van der Waals surface area contributed by atoms with Crippen LogP contribution in [-0.2, 0) is 10.0 Å². The number of imidazole rings is 1. The largest absolute Gasteiger partial charge is 0.455 e. The fraction of sp³-hybridized carbons (Fsp3) is 0.267. The highest BCUT2D eigenvalue weighted by atomic mass is 32.2. The molecule has 12 heteroatoms. The van der Waals surface area contributed by atoms with Crippen molar-refractivity contribution in [2.24, 2.45) is 0 Å². The van der Waals surface area contributed by atoms with Gasteiger partial charge in [0.1, 0.15) is 22.7 Å². The number of H-pyrrole nitrogens is 1. The van der Waals surface area contributed by atoms with Gasteiger partial charge in [-0.1, -0.05) is 6.07 Å². The highest BCUT2D eigenvalue weighted by Crippen LogP contribution is 2.42. The van der Waals surface area contributed by atoms with E-state index in [1.807, 2.05) is 11.0 Å². The number of piperidine rings is 1. The molecule has 0 unspecified atom stereocenters. The molecule has 1 fully saturated rings. The van der Waals surface area contributed by atoms with Crippen molar-refractivity contribution in [3.8, 4) is 11.3 Å². The maximum Gasteiger partial charge on any atom is 0.255 e. The van der Waals surface area contributed by atoms with Crippen LogP contribution in [0.15, 0.2) is 59.0 Å². The van der Waals surface area contributed by atoms with E-state index in [2.05, 4.69) is 15.3 Å². The number of hydrogen-bond donors (Lipinski definition) is 2. The van der Waals surface area contributed by atoms with Gasteiger partial charge in [-0.15, -0.1) is 0 Å². The first-order chi connectivity index (χ1) is 20.0. The SMILES string of the molecule is CNC(=O)c1c(-c2ccc(F)cc2)oc2cc(N(C)S(C)(=O)=O)c([C@@H]3CCCN(c4nc5c(F)cccc5[nH]4)C3)cc12. The minimum atomic E-state index is -3.66. The predicted octanol–water partition coefficient (Wildman–Crippen LogP) is 5.39. The van der Waals surface area contributed by atoms with Gasteiger partial charge in [-0.25, -0.2) is 22.2 Å². The number of benzene rings is 3. The van der Waals surface area contributed by atoms with Crippen LogP contribution in [0, 0.1) is 11.6 Å². The maximum absolute atomic E-state index is 14.4. The first-order valence-corrected chi connectivity index (χ1v) is 15.3. The van der Waals surface area contributed by atoms with Crippen molar-refractivity contribution >= 4 is 49.6 Å². The van der Waals surface area contributed by atoms with Crippen LogP contribution in [0.4, 0.5) is 20.4 Å². The van der Waals surface area contributed by atoms with Crippen LogP contribution in [0.2, 0.25) is 0 Å². The van der Waals surface area contributed by atoms with Gasteiger partial charge in [-0.3, -0.25) is 9.10 Å². The highest BCUT2D eigenvalue weighted by molar-refractivity contribution is 7.92.